The molecule has 3 aromatic rings. The number of rotatable bonds is 6. The van der Waals surface area contributed by atoms with Crippen LogP contribution in [0.3, 0.4) is 0 Å². The van der Waals surface area contributed by atoms with E-state index in [4.69, 9.17) is 9.47 Å². The monoisotopic (exact) mass is 379 g/mol. The van der Waals surface area contributed by atoms with E-state index in [0.29, 0.717) is 34.6 Å². The minimum atomic E-state index is -0.602. The summed E-state index contributed by atoms with van der Waals surface area (Å²) in [5.74, 6) is -0.494. The molecular weight excluding hydrogens is 358 g/mol. The van der Waals surface area contributed by atoms with E-state index in [1.807, 2.05) is 26.8 Å². The van der Waals surface area contributed by atoms with Crippen LogP contribution in [0.25, 0.3) is 11.0 Å². The van der Waals surface area contributed by atoms with Gasteiger partial charge in [-0.2, -0.15) is 0 Å². The van der Waals surface area contributed by atoms with Crippen molar-refractivity contribution < 1.29 is 19.1 Å². The summed E-state index contributed by atoms with van der Waals surface area (Å²) in [6.07, 6.45) is 0. The molecule has 0 unspecified atom stereocenters. The maximum absolute atomic E-state index is 12.3. The number of amides is 1. The highest BCUT2D eigenvalue weighted by molar-refractivity contribution is 5.97. The quantitative estimate of drug-likeness (QED) is 0.660. The van der Waals surface area contributed by atoms with Crippen molar-refractivity contribution in [2.75, 3.05) is 18.5 Å². The van der Waals surface area contributed by atoms with E-state index in [0.717, 1.165) is 11.4 Å². The van der Waals surface area contributed by atoms with E-state index in [9.17, 15) is 9.59 Å². The second kappa shape index (κ2) is 8.47. The van der Waals surface area contributed by atoms with E-state index in [2.05, 4.69) is 15.3 Å². The lowest BCUT2D eigenvalue weighted by Gasteiger charge is -2.11. The number of aromatic nitrogens is 2. The molecule has 0 fully saturated rings. The van der Waals surface area contributed by atoms with Gasteiger partial charge < -0.3 is 14.8 Å². The number of nitrogens with one attached hydrogen (secondary N) is 1. The summed E-state index contributed by atoms with van der Waals surface area (Å²) >= 11 is 0. The maximum atomic E-state index is 12.3. The number of aryl methyl sites for hydroxylation is 2. The summed E-state index contributed by atoms with van der Waals surface area (Å²) in [7, 11) is 0. The minimum absolute atomic E-state index is 0.313. The van der Waals surface area contributed by atoms with Gasteiger partial charge in [-0.25, -0.2) is 14.8 Å². The molecule has 1 heterocycles. The fourth-order valence-electron chi connectivity index (χ4n) is 2.61. The third-order valence-corrected chi connectivity index (χ3v) is 4.11. The molecule has 1 amide bonds. The Balaban J connectivity index is 1.64. The Morgan fingerprint density at radius 3 is 2.46 bits per heavy atom. The van der Waals surface area contributed by atoms with E-state index in [1.54, 1.807) is 36.4 Å². The fraction of sp³-hybridized carbons (Fsp3) is 0.238. The second-order valence-corrected chi connectivity index (χ2v) is 6.15. The van der Waals surface area contributed by atoms with Crippen molar-refractivity contribution in [3.8, 4) is 5.75 Å². The summed E-state index contributed by atoms with van der Waals surface area (Å²) < 4.78 is 10.6. The first-order chi connectivity index (χ1) is 13.5. The third-order valence-electron chi connectivity index (χ3n) is 4.11. The van der Waals surface area contributed by atoms with Crippen LogP contribution in [0.1, 0.15) is 28.7 Å². The number of anilines is 1. The Labute approximate surface area is 162 Å². The first-order valence-electron chi connectivity index (χ1n) is 8.91. The number of fused-ring (bicyclic) bond motifs is 1. The number of para-hydroxylation sites is 2. The van der Waals surface area contributed by atoms with Crippen molar-refractivity contribution in [2.24, 2.45) is 0 Å². The molecule has 7 heteroatoms. The predicted molar refractivity (Wildman–Crippen MR) is 106 cm³/mol. The van der Waals surface area contributed by atoms with Gasteiger partial charge in [-0.1, -0.05) is 12.1 Å². The van der Waals surface area contributed by atoms with Gasteiger partial charge in [-0.05, 0) is 51.1 Å². The Morgan fingerprint density at radius 2 is 1.71 bits per heavy atom. The second-order valence-electron chi connectivity index (χ2n) is 6.15. The number of ether oxygens (including phenoxy) is 2. The van der Waals surface area contributed by atoms with Crippen molar-refractivity contribution >= 4 is 28.6 Å². The van der Waals surface area contributed by atoms with Crippen LogP contribution in [-0.4, -0.2) is 35.1 Å². The van der Waals surface area contributed by atoms with Gasteiger partial charge in [0.2, 0.25) is 0 Å². The number of nitrogens with zero attached hydrogens (tertiary/aromatic N) is 2. The Hall–Kier alpha value is -3.48. The van der Waals surface area contributed by atoms with Gasteiger partial charge in [0, 0.05) is 0 Å². The number of esters is 1. The average Bonchev–Trinajstić information content (AvgIpc) is 2.68. The van der Waals surface area contributed by atoms with Crippen molar-refractivity contribution in [1.29, 1.82) is 0 Å². The molecule has 0 aliphatic heterocycles. The fourth-order valence-corrected chi connectivity index (χ4v) is 2.61. The number of benzene rings is 2. The summed E-state index contributed by atoms with van der Waals surface area (Å²) in [6, 6.07) is 12.0. The van der Waals surface area contributed by atoms with Crippen LogP contribution in [0, 0.1) is 13.8 Å². The highest BCUT2D eigenvalue weighted by Gasteiger charge is 2.13. The molecule has 0 radical (unpaired) electrons. The number of hydrogen-bond donors (Lipinski definition) is 1. The van der Waals surface area contributed by atoms with E-state index >= 15 is 0 Å². The van der Waals surface area contributed by atoms with Gasteiger partial charge in [-0.3, -0.25) is 4.79 Å². The average molecular weight is 379 g/mol. The van der Waals surface area contributed by atoms with Gasteiger partial charge in [0.25, 0.3) is 5.91 Å². The van der Waals surface area contributed by atoms with E-state index < -0.39 is 18.5 Å². The van der Waals surface area contributed by atoms with Gasteiger partial charge >= 0.3 is 5.97 Å². The summed E-state index contributed by atoms with van der Waals surface area (Å²) in [6.45, 7) is 5.67. The first-order valence-corrected chi connectivity index (χ1v) is 8.91. The summed E-state index contributed by atoms with van der Waals surface area (Å²) in [4.78, 5) is 33.3. The van der Waals surface area contributed by atoms with Crippen molar-refractivity contribution in [3.63, 3.8) is 0 Å². The van der Waals surface area contributed by atoms with Crippen molar-refractivity contribution in [1.82, 2.24) is 9.97 Å². The molecule has 0 bridgehead atoms. The lowest BCUT2D eigenvalue weighted by Crippen LogP contribution is -2.21. The molecule has 0 aliphatic rings. The van der Waals surface area contributed by atoms with E-state index in [-0.39, 0.29) is 0 Å². The van der Waals surface area contributed by atoms with Crippen LogP contribution in [0.2, 0.25) is 0 Å². The van der Waals surface area contributed by atoms with Crippen LogP contribution in [0.15, 0.2) is 42.5 Å². The number of carbonyl (C=O) groups excluding carboxylic acids is 2. The standard InChI is InChI=1S/C21H21N3O4/c1-4-27-19-8-6-5-7-17(19)24-20(25)12-28-21(26)15-9-10-16-18(11-15)23-14(3)13(2)22-16/h5-11H,4,12H2,1-3H3,(H,24,25). The zero-order chi connectivity index (χ0) is 20.1. The smallest absolute Gasteiger partial charge is 0.338 e. The van der Waals surface area contributed by atoms with E-state index in [1.165, 1.54) is 0 Å². The molecule has 1 N–H and O–H groups in total. The molecule has 0 spiro atoms. The topological polar surface area (TPSA) is 90.4 Å². The molecule has 0 atom stereocenters. The molecule has 0 saturated carbocycles. The first kappa shape index (κ1) is 19.3. The zero-order valence-electron chi connectivity index (χ0n) is 16.0. The SMILES string of the molecule is CCOc1ccccc1NC(=O)COC(=O)c1ccc2nc(C)c(C)nc2c1. The van der Waals surface area contributed by atoms with Gasteiger partial charge in [0.05, 0.1) is 40.3 Å². The van der Waals surface area contributed by atoms with Gasteiger partial charge in [0.15, 0.2) is 6.61 Å². The van der Waals surface area contributed by atoms with Crippen molar-refractivity contribution in [2.45, 2.75) is 20.8 Å². The molecule has 1 aromatic heterocycles. The molecule has 144 valence electrons. The van der Waals surface area contributed by atoms with Crippen LogP contribution < -0.4 is 10.1 Å². The molecule has 3 rings (SSSR count). The summed E-state index contributed by atoms with van der Waals surface area (Å²) in [5, 5.41) is 2.68. The normalized spacial score (nSPS) is 10.5. The molecule has 7 nitrogen and oxygen atoms in total. The van der Waals surface area contributed by atoms with Crippen molar-refractivity contribution in [3.05, 3.63) is 59.4 Å². The highest BCUT2D eigenvalue weighted by atomic mass is 16.5. The largest absolute Gasteiger partial charge is 0.492 e. The minimum Gasteiger partial charge on any atom is -0.492 e. The molecular formula is C21H21N3O4. The highest BCUT2D eigenvalue weighted by Crippen LogP contribution is 2.23. The zero-order valence-corrected chi connectivity index (χ0v) is 16.0. The van der Waals surface area contributed by atoms with Gasteiger partial charge in [0.1, 0.15) is 5.75 Å². The molecule has 0 aliphatic carbocycles. The van der Waals surface area contributed by atoms with Crippen LogP contribution in [-0.2, 0) is 9.53 Å². The van der Waals surface area contributed by atoms with Crippen LogP contribution in [0.5, 0.6) is 5.75 Å². The number of carbonyl (C=O) groups is 2. The maximum Gasteiger partial charge on any atom is 0.338 e. The van der Waals surface area contributed by atoms with Crippen LogP contribution >= 0.6 is 0 Å². The Kier molecular flexibility index (Phi) is 5.84. The Morgan fingerprint density at radius 1 is 1.00 bits per heavy atom. The van der Waals surface area contributed by atoms with Gasteiger partial charge in [-0.15, -0.1) is 0 Å². The lowest BCUT2D eigenvalue weighted by atomic mass is 10.2. The Bertz CT molecular complexity index is 1030. The lowest BCUT2D eigenvalue weighted by molar-refractivity contribution is -0.119. The molecule has 2 aromatic carbocycles. The molecule has 28 heavy (non-hydrogen) atoms. The predicted octanol–water partition coefficient (Wildman–Crippen LogP) is 3.44. The summed E-state index contributed by atoms with van der Waals surface area (Å²) in [5.41, 5.74) is 3.78. The van der Waals surface area contributed by atoms with Crippen LogP contribution in [0.4, 0.5) is 5.69 Å². The third kappa shape index (κ3) is 4.43. The molecule has 0 saturated heterocycles. The number of hydrogen-bond acceptors (Lipinski definition) is 6.